The second-order valence-electron chi connectivity index (χ2n) is 8.07. The van der Waals surface area contributed by atoms with Crippen LogP contribution in [0.1, 0.15) is 36.1 Å². The van der Waals surface area contributed by atoms with E-state index in [1.807, 2.05) is 60.7 Å². The molecule has 2 N–H and O–H groups in total. The second kappa shape index (κ2) is 15.0. The molecule has 8 nitrogen and oxygen atoms in total. The predicted molar refractivity (Wildman–Crippen MR) is 156 cm³/mol. The smallest absolute Gasteiger partial charge is 0.277 e. The number of carbonyl (C=O) groups is 2. The molecule has 0 saturated carbocycles. The summed E-state index contributed by atoms with van der Waals surface area (Å²) in [4.78, 5) is 24.0. The molecule has 0 aliphatic carbocycles. The number of benzene rings is 3. The van der Waals surface area contributed by atoms with Crippen molar-refractivity contribution < 1.29 is 19.1 Å². The summed E-state index contributed by atoms with van der Waals surface area (Å²) in [6, 6.07) is 18.7. The van der Waals surface area contributed by atoms with Gasteiger partial charge in [0, 0.05) is 0 Å². The largest absolute Gasteiger partial charge is 0.483 e. The van der Waals surface area contributed by atoms with Crippen molar-refractivity contribution in [3.63, 3.8) is 0 Å². The van der Waals surface area contributed by atoms with Gasteiger partial charge in [-0.25, -0.2) is 10.9 Å². The van der Waals surface area contributed by atoms with Gasteiger partial charge in [0.25, 0.3) is 11.8 Å². The molecule has 38 heavy (non-hydrogen) atoms. The number of hydrazone groups is 2. The van der Waals surface area contributed by atoms with E-state index in [1.165, 1.54) is 23.6 Å². The maximum absolute atomic E-state index is 12.0. The van der Waals surface area contributed by atoms with Crippen LogP contribution in [0.5, 0.6) is 11.5 Å². The number of amides is 2. The lowest BCUT2D eigenvalue weighted by Gasteiger charge is -2.08. The molecule has 0 fully saturated rings. The monoisotopic (exact) mass is 642 g/mol. The van der Waals surface area contributed by atoms with Gasteiger partial charge in [0.05, 0.1) is 21.4 Å². The topological polar surface area (TPSA) is 101 Å². The minimum atomic E-state index is -0.374. The van der Waals surface area contributed by atoms with Gasteiger partial charge in [-0.05, 0) is 91.2 Å². The van der Waals surface area contributed by atoms with Crippen LogP contribution in [-0.2, 0) is 22.4 Å². The molecular formula is C28H28Br2N4O4. The molecule has 0 aliphatic rings. The number of halogens is 2. The standard InChI is InChI=1S/C28H28Br2N4O4/c1-3-19-9-11-25(23(29)13-19)37-17-27(35)33-31-15-21-5-7-22(8-6-21)16-32-34-28(36)18-38-26-12-10-20(4-2)14-24(26)30/h5-16H,3-4,17-18H2,1-2H3,(H,33,35)(H,34,36)/b31-15+,32-16+. The molecule has 0 aliphatic heterocycles. The molecule has 0 heterocycles. The van der Waals surface area contributed by atoms with E-state index in [-0.39, 0.29) is 25.0 Å². The minimum absolute atomic E-state index is 0.157. The second-order valence-corrected chi connectivity index (χ2v) is 9.78. The molecule has 0 unspecified atom stereocenters. The van der Waals surface area contributed by atoms with Crippen molar-refractivity contribution in [2.75, 3.05) is 13.2 Å². The molecule has 3 rings (SSSR count). The van der Waals surface area contributed by atoms with Crippen molar-refractivity contribution in [2.45, 2.75) is 26.7 Å². The Labute approximate surface area is 238 Å². The molecule has 0 atom stereocenters. The van der Waals surface area contributed by atoms with Gasteiger partial charge in [-0.1, -0.05) is 50.2 Å². The molecular weight excluding hydrogens is 616 g/mol. The van der Waals surface area contributed by atoms with E-state index >= 15 is 0 Å². The molecule has 0 radical (unpaired) electrons. The first kappa shape index (κ1) is 29.1. The molecule has 0 aromatic heterocycles. The SMILES string of the molecule is CCc1ccc(OCC(=O)N/N=C/c2ccc(/C=N/NC(=O)COc3ccc(CC)cc3Br)cc2)c(Br)c1. The van der Waals surface area contributed by atoms with Gasteiger partial charge in [0.15, 0.2) is 13.2 Å². The lowest BCUT2D eigenvalue weighted by atomic mass is 10.2. The summed E-state index contributed by atoms with van der Waals surface area (Å²) in [7, 11) is 0. The summed E-state index contributed by atoms with van der Waals surface area (Å²) in [5, 5.41) is 7.91. The van der Waals surface area contributed by atoms with Gasteiger partial charge in [0.2, 0.25) is 0 Å². The van der Waals surface area contributed by atoms with E-state index in [2.05, 4.69) is 66.8 Å². The zero-order valence-corrected chi connectivity index (χ0v) is 24.2. The predicted octanol–water partition coefficient (Wildman–Crippen LogP) is 5.39. The van der Waals surface area contributed by atoms with Crippen molar-refractivity contribution >= 4 is 56.1 Å². The molecule has 0 spiro atoms. The molecule has 0 bridgehead atoms. The third-order valence-corrected chi connectivity index (χ3v) is 6.51. The zero-order chi connectivity index (χ0) is 27.3. The maximum atomic E-state index is 12.0. The van der Waals surface area contributed by atoms with Crippen molar-refractivity contribution in [2.24, 2.45) is 10.2 Å². The average Bonchev–Trinajstić information content (AvgIpc) is 2.92. The molecule has 10 heteroatoms. The fraction of sp³-hybridized carbons (Fsp3) is 0.214. The van der Waals surface area contributed by atoms with Crippen LogP contribution < -0.4 is 20.3 Å². The molecule has 0 saturated heterocycles. The summed E-state index contributed by atoms with van der Waals surface area (Å²) in [6.45, 7) is 3.83. The van der Waals surface area contributed by atoms with Gasteiger partial charge in [0.1, 0.15) is 11.5 Å². The first-order chi connectivity index (χ1) is 18.4. The fourth-order valence-electron chi connectivity index (χ4n) is 3.14. The van der Waals surface area contributed by atoms with Crippen LogP contribution in [0.4, 0.5) is 0 Å². The lowest BCUT2D eigenvalue weighted by molar-refractivity contribution is -0.123. The van der Waals surface area contributed by atoms with Crippen LogP contribution >= 0.6 is 31.9 Å². The molecule has 3 aromatic carbocycles. The number of nitrogens with zero attached hydrogens (tertiary/aromatic N) is 2. The van der Waals surface area contributed by atoms with Crippen LogP contribution in [0.3, 0.4) is 0 Å². The quantitative estimate of drug-likeness (QED) is 0.204. The van der Waals surface area contributed by atoms with Crippen LogP contribution in [0.15, 0.2) is 79.8 Å². The third-order valence-electron chi connectivity index (χ3n) is 5.27. The first-order valence-corrected chi connectivity index (χ1v) is 13.5. The van der Waals surface area contributed by atoms with Gasteiger partial charge >= 0.3 is 0 Å². The highest BCUT2D eigenvalue weighted by Crippen LogP contribution is 2.27. The number of rotatable bonds is 12. The highest BCUT2D eigenvalue weighted by Gasteiger charge is 2.07. The van der Waals surface area contributed by atoms with Crippen molar-refractivity contribution in [1.82, 2.24) is 10.9 Å². The van der Waals surface area contributed by atoms with Crippen LogP contribution in [0.25, 0.3) is 0 Å². The van der Waals surface area contributed by atoms with Crippen molar-refractivity contribution in [3.8, 4) is 11.5 Å². The average molecular weight is 644 g/mol. The van der Waals surface area contributed by atoms with Crippen LogP contribution in [0, 0.1) is 0 Å². The number of ether oxygens (including phenoxy) is 2. The Balaban J connectivity index is 1.38. The molecule has 198 valence electrons. The highest BCUT2D eigenvalue weighted by molar-refractivity contribution is 9.10. The van der Waals surface area contributed by atoms with Crippen molar-refractivity contribution in [3.05, 3.63) is 91.9 Å². The van der Waals surface area contributed by atoms with Gasteiger partial charge in [-0.3, -0.25) is 9.59 Å². The summed E-state index contributed by atoms with van der Waals surface area (Å²) in [6.07, 6.45) is 4.88. The first-order valence-electron chi connectivity index (χ1n) is 11.9. The van der Waals surface area contributed by atoms with E-state index in [0.29, 0.717) is 11.5 Å². The Morgan fingerprint density at radius 3 is 1.45 bits per heavy atom. The number of hydrogen-bond donors (Lipinski definition) is 2. The van der Waals surface area contributed by atoms with E-state index in [9.17, 15) is 9.59 Å². The van der Waals surface area contributed by atoms with Gasteiger partial charge in [-0.15, -0.1) is 0 Å². The Bertz CT molecular complexity index is 1210. The van der Waals surface area contributed by atoms with Crippen LogP contribution in [-0.4, -0.2) is 37.5 Å². The lowest BCUT2D eigenvalue weighted by Crippen LogP contribution is -2.24. The maximum Gasteiger partial charge on any atom is 0.277 e. The molecule has 3 aromatic rings. The summed E-state index contributed by atoms with van der Waals surface area (Å²) >= 11 is 6.90. The Hall–Kier alpha value is -3.50. The fourth-order valence-corrected chi connectivity index (χ4v) is 4.22. The molecule has 2 amide bonds. The van der Waals surface area contributed by atoms with Crippen LogP contribution in [0.2, 0.25) is 0 Å². The summed E-state index contributed by atoms with van der Waals surface area (Å²) < 4.78 is 12.7. The van der Waals surface area contributed by atoms with Gasteiger partial charge in [-0.2, -0.15) is 10.2 Å². The Morgan fingerprint density at radius 2 is 1.11 bits per heavy atom. The van der Waals surface area contributed by atoms with E-state index in [1.54, 1.807) is 0 Å². The number of aryl methyl sites for hydroxylation is 2. The zero-order valence-electron chi connectivity index (χ0n) is 21.0. The summed E-state index contributed by atoms with van der Waals surface area (Å²) in [5.74, 6) is 0.442. The number of carbonyl (C=O) groups excluding carboxylic acids is 2. The van der Waals surface area contributed by atoms with E-state index in [0.717, 1.165) is 32.9 Å². The summed E-state index contributed by atoms with van der Waals surface area (Å²) in [5.41, 5.74) is 8.78. The third kappa shape index (κ3) is 9.42. The van der Waals surface area contributed by atoms with Crippen molar-refractivity contribution in [1.29, 1.82) is 0 Å². The van der Waals surface area contributed by atoms with E-state index < -0.39 is 0 Å². The number of nitrogens with one attached hydrogen (secondary N) is 2. The van der Waals surface area contributed by atoms with E-state index in [4.69, 9.17) is 9.47 Å². The Morgan fingerprint density at radius 1 is 0.711 bits per heavy atom. The van der Waals surface area contributed by atoms with Gasteiger partial charge < -0.3 is 9.47 Å². The highest BCUT2D eigenvalue weighted by atomic mass is 79.9. The number of hydrogen-bond acceptors (Lipinski definition) is 6. The normalized spacial score (nSPS) is 11.1. The minimum Gasteiger partial charge on any atom is -0.483 e. The Kier molecular flexibility index (Phi) is 11.5.